The zero-order valence-corrected chi connectivity index (χ0v) is 14.9. The summed E-state index contributed by atoms with van der Waals surface area (Å²) < 4.78 is 16.7. The van der Waals surface area contributed by atoms with Gasteiger partial charge in [0.05, 0.1) is 30.1 Å². The van der Waals surface area contributed by atoms with Gasteiger partial charge in [-0.15, -0.1) is 0 Å². The summed E-state index contributed by atoms with van der Waals surface area (Å²) in [7, 11) is 1.34. The van der Waals surface area contributed by atoms with E-state index in [-0.39, 0.29) is 29.7 Å². The zero-order valence-electron chi connectivity index (χ0n) is 14.9. The molecule has 0 spiro atoms. The first kappa shape index (κ1) is 17.1. The molecule has 6 nitrogen and oxygen atoms in total. The molecule has 6 heteroatoms. The Morgan fingerprint density at radius 3 is 2.89 bits per heavy atom. The minimum atomic E-state index is -0.379. The number of allylic oxidation sites excluding steroid dienone is 1. The predicted molar refractivity (Wildman–Crippen MR) is 101 cm³/mol. The van der Waals surface area contributed by atoms with Crippen molar-refractivity contribution >= 4 is 33.8 Å². The predicted octanol–water partition coefficient (Wildman–Crippen LogP) is 3.73. The molecule has 4 rings (SSSR count). The second-order valence-electron chi connectivity index (χ2n) is 6.62. The van der Waals surface area contributed by atoms with Gasteiger partial charge in [-0.3, -0.25) is 9.59 Å². The molecule has 0 aliphatic carbocycles. The molecule has 0 saturated heterocycles. The van der Waals surface area contributed by atoms with E-state index >= 15 is 0 Å². The third-order valence-corrected chi connectivity index (χ3v) is 4.62. The Morgan fingerprint density at radius 2 is 2.15 bits per heavy atom. The molecular formula is C21H18O6. The number of hydrogen-bond acceptors (Lipinski definition) is 6. The smallest absolute Gasteiger partial charge is 0.309 e. The van der Waals surface area contributed by atoms with Crippen molar-refractivity contribution in [3.8, 4) is 5.75 Å². The van der Waals surface area contributed by atoms with Crippen LogP contribution in [-0.4, -0.2) is 24.3 Å². The average Bonchev–Trinajstić information content (AvgIpc) is 2.60. The summed E-state index contributed by atoms with van der Waals surface area (Å²) in [6, 6.07) is 8.65. The molecular weight excluding hydrogens is 348 g/mol. The molecule has 138 valence electrons. The number of fused-ring (bicyclic) bond motifs is 2. The minimum absolute atomic E-state index is 0.0648. The van der Waals surface area contributed by atoms with E-state index in [0.717, 1.165) is 16.3 Å². The standard InChI is InChI=1S/C21H18O6/c1-11(22)6-14-9-17-20-13(8-15(26-17)10-18(24)25-2)7-12-4-3-5-16(23)19(12)21(20)27-14/h3-7,9,15,22H,8,10H2,1-2H3/b11-6-/t15-/m1/s1. The molecule has 2 heterocycles. The first-order valence-electron chi connectivity index (χ1n) is 8.59. The minimum Gasteiger partial charge on any atom is -0.512 e. The lowest BCUT2D eigenvalue weighted by atomic mass is 9.94. The summed E-state index contributed by atoms with van der Waals surface area (Å²) >= 11 is 0. The fourth-order valence-electron chi connectivity index (χ4n) is 3.54. The van der Waals surface area contributed by atoms with E-state index < -0.39 is 0 Å². The van der Waals surface area contributed by atoms with Gasteiger partial charge in [0.15, 0.2) is 5.43 Å². The first-order chi connectivity index (χ1) is 13.0. The molecule has 1 aliphatic rings. The summed E-state index contributed by atoms with van der Waals surface area (Å²) in [5.74, 6) is 0.589. The van der Waals surface area contributed by atoms with Gasteiger partial charge in [0.1, 0.15) is 23.2 Å². The van der Waals surface area contributed by atoms with E-state index in [1.54, 1.807) is 12.1 Å². The second kappa shape index (κ2) is 6.46. The van der Waals surface area contributed by atoms with Gasteiger partial charge in [-0.2, -0.15) is 0 Å². The summed E-state index contributed by atoms with van der Waals surface area (Å²) in [6.07, 6.45) is 1.69. The van der Waals surface area contributed by atoms with Crippen LogP contribution in [0.1, 0.15) is 24.7 Å². The van der Waals surface area contributed by atoms with Crippen molar-refractivity contribution in [1.82, 2.24) is 0 Å². The lowest BCUT2D eigenvalue weighted by Crippen LogP contribution is -2.27. The molecule has 1 N–H and O–H groups in total. The van der Waals surface area contributed by atoms with Crippen LogP contribution in [-0.2, 0) is 16.0 Å². The van der Waals surface area contributed by atoms with E-state index in [1.165, 1.54) is 26.2 Å². The molecule has 27 heavy (non-hydrogen) atoms. The number of aliphatic hydroxyl groups is 1. The highest BCUT2D eigenvalue weighted by molar-refractivity contribution is 6.08. The highest BCUT2D eigenvalue weighted by Crippen LogP contribution is 2.40. The molecule has 1 aromatic heterocycles. The van der Waals surface area contributed by atoms with E-state index in [4.69, 9.17) is 13.9 Å². The summed E-state index contributed by atoms with van der Waals surface area (Å²) in [6.45, 7) is 1.53. The van der Waals surface area contributed by atoms with E-state index in [9.17, 15) is 14.7 Å². The second-order valence-corrected chi connectivity index (χ2v) is 6.62. The van der Waals surface area contributed by atoms with Gasteiger partial charge in [-0.25, -0.2) is 0 Å². The zero-order chi connectivity index (χ0) is 19.1. The van der Waals surface area contributed by atoms with Crippen LogP contribution in [0.25, 0.3) is 27.8 Å². The number of carbonyl (C=O) groups is 1. The van der Waals surface area contributed by atoms with Crippen molar-refractivity contribution in [1.29, 1.82) is 0 Å². The Bertz CT molecular complexity index is 1150. The molecule has 0 saturated carbocycles. The van der Waals surface area contributed by atoms with Gasteiger partial charge >= 0.3 is 5.97 Å². The Hall–Kier alpha value is -3.28. The number of esters is 1. The van der Waals surface area contributed by atoms with Gasteiger partial charge in [0.25, 0.3) is 0 Å². The molecule has 2 aromatic carbocycles. The Kier molecular flexibility index (Phi) is 4.11. The molecule has 1 atom stereocenters. The summed E-state index contributed by atoms with van der Waals surface area (Å²) in [4.78, 5) is 24.2. The molecule has 0 radical (unpaired) electrons. The van der Waals surface area contributed by atoms with Crippen molar-refractivity contribution in [2.45, 2.75) is 25.9 Å². The largest absolute Gasteiger partial charge is 0.512 e. The molecule has 0 fully saturated rings. The van der Waals surface area contributed by atoms with E-state index in [1.807, 2.05) is 12.1 Å². The third-order valence-electron chi connectivity index (χ3n) is 4.62. The number of aliphatic hydroxyl groups excluding tert-OH is 1. The fourth-order valence-corrected chi connectivity index (χ4v) is 3.54. The van der Waals surface area contributed by atoms with Crippen LogP contribution < -0.4 is 10.2 Å². The first-order valence-corrected chi connectivity index (χ1v) is 8.59. The molecule has 0 unspecified atom stereocenters. The number of benzene rings is 2. The number of ether oxygens (including phenoxy) is 2. The van der Waals surface area contributed by atoms with Crippen molar-refractivity contribution in [3.05, 3.63) is 57.6 Å². The quantitative estimate of drug-likeness (QED) is 0.432. The topological polar surface area (TPSA) is 86.0 Å². The van der Waals surface area contributed by atoms with Crippen LogP contribution in [0.15, 0.2) is 45.3 Å². The van der Waals surface area contributed by atoms with Gasteiger partial charge < -0.3 is 19.0 Å². The Morgan fingerprint density at radius 1 is 1.33 bits per heavy atom. The maximum absolute atomic E-state index is 12.5. The maximum atomic E-state index is 12.5. The number of carbonyl (C=O) groups excluding carboxylic acids is 1. The van der Waals surface area contributed by atoms with Gasteiger partial charge in [0, 0.05) is 18.6 Å². The molecule has 1 aliphatic heterocycles. The van der Waals surface area contributed by atoms with E-state index in [2.05, 4.69) is 0 Å². The summed E-state index contributed by atoms with van der Waals surface area (Å²) in [5, 5.41) is 11.6. The van der Waals surface area contributed by atoms with Crippen LogP contribution in [0, 0.1) is 0 Å². The molecule has 3 aromatic rings. The van der Waals surface area contributed by atoms with Crippen molar-refractivity contribution in [3.63, 3.8) is 0 Å². The van der Waals surface area contributed by atoms with Crippen molar-refractivity contribution in [2.24, 2.45) is 0 Å². The van der Waals surface area contributed by atoms with Gasteiger partial charge in [-0.1, -0.05) is 12.1 Å². The van der Waals surface area contributed by atoms with Crippen LogP contribution in [0.4, 0.5) is 0 Å². The normalized spacial score (nSPS) is 16.4. The van der Waals surface area contributed by atoms with Crippen LogP contribution in [0.2, 0.25) is 0 Å². The van der Waals surface area contributed by atoms with Crippen LogP contribution >= 0.6 is 0 Å². The summed E-state index contributed by atoms with van der Waals surface area (Å²) in [5.41, 5.74) is 1.22. The number of rotatable bonds is 3. The lowest BCUT2D eigenvalue weighted by Gasteiger charge is -2.26. The van der Waals surface area contributed by atoms with E-state index in [0.29, 0.717) is 28.9 Å². The Balaban J connectivity index is 2.01. The Labute approximate surface area is 154 Å². The highest BCUT2D eigenvalue weighted by atomic mass is 16.5. The third kappa shape index (κ3) is 3.03. The van der Waals surface area contributed by atoms with Crippen molar-refractivity contribution < 1.29 is 23.8 Å². The number of hydrogen-bond donors (Lipinski definition) is 1. The average molecular weight is 366 g/mol. The van der Waals surface area contributed by atoms with Crippen molar-refractivity contribution in [2.75, 3.05) is 7.11 Å². The number of methoxy groups -OCH3 is 1. The SMILES string of the molecule is COC(=O)C[C@H]1Cc2cc3cccc(=O)c3c3oc(/C=C(/C)O)cc(c23)O1. The van der Waals surface area contributed by atoms with Crippen LogP contribution in [0.3, 0.4) is 0 Å². The molecule has 0 amide bonds. The maximum Gasteiger partial charge on any atom is 0.309 e. The monoisotopic (exact) mass is 366 g/mol. The van der Waals surface area contributed by atoms with Crippen LogP contribution in [0.5, 0.6) is 5.75 Å². The lowest BCUT2D eigenvalue weighted by molar-refractivity contribution is -0.142. The fraction of sp³-hybridized carbons (Fsp3) is 0.238. The van der Waals surface area contributed by atoms with Gasteiger partial charge in [-0.05, 0) is 30.0 Å². The van der Waals surface area contributed by atoms with Gasteiger partial charge in [0.2, 0.25) is 0 Å². The highest BCUT2D eigenvalue weighted by Gasteiger charge is 2.27. The molecule has 0 bridgehead atoms.